The van der Waals surface area contributed by atoms with Crippen molar-refractivity contribution in [2.75, 3.05) is 0 Å². The molecule has 0 amide bonds. The van der Waals surface area contributed by atoms with Gasteiger partial charge >= 0.3 is 0 Å². The zero-order chi connectivity index (χ0) is 11.4. The van der Waals surface area contributed by atoms with Gasteiger partial charge in [0.05, 0.1) is 5.56 Å². The number of hydrogen-bond acceptors (Lipinski definition) is 4. The van der Waals surface area contributed by atoms with Crippen LogP contribution in [0, 0.1) is 0 Å². The second-order valence-electron chi connectivity index (χ2n) is 3.06. The van der Waals surface area contributed by atoms with Crippen LogP contribution in [0.4, 0.5) is 0 Å². The Hall–Kier alpha value is -1.97. The Bertz CT molecular complexity index is 408. The molecule has 3 N–H and O–H groups in total. The van der Waals surface area contributed by atoms with Crippen LogP contribution in [0.25, 0.3) is 0 Å². The number of aldehydes is 1. The number of rotatable bonds is 3. The quantitative estimate of drug-likeness (QED) is 0.401. The molecule has 0 atom stereocenters. The molecule has 0 saturated heterocycles. The van der Waals surface area contributed by atoms with Crippen molar-refractivity contribution in [2.45, 2.75) is 13.3 Å². The van der Waals surface area contributed by atoms with Crippen LogP contribution in [0.15, 0.2) is 18.2 Å². The molecule has 4 heteroatoms. The number of carbonyl (C=O) groups excluding carboxylic acids is 1. The average molecular weight is 208 g/mol. The molecule has 0 radical (unpaired) electrons. The molecule has 0 unspecified atom stereocenters. The van der Waals surface area contributed by atoms with Crippen LogP contribution in [0.2, 0.25) is 0 Å². The molecule has 0 heterocycles. The molecule has 0 bridgehead atoms. The Kier molecular flexibility index (Phi) is 3.33. The molecule has 0 aromatic heterocycles. The average Bonchev–Trinajstić information content (AvgIpc) is 2.25. The molecule has 1 aromatic carbocycles. The van der Waals surface area contributed by atoms with Crippen LogP contribution in [0.5, 0.6) is 17.2 Å². The maximum Gasteiger partial charge on any atom is 0.201 e. The van der Waals surface area contributed by atoms with Gasteiger partial charge in [0.15, 0.2) is 17.8 Å². The third kappa shape index (κ3) is 2.10. The van der Waals surface area contributed by atoms with Crippen molar-refractivity contribution < 1.29 is 20.1 Å². The fourth-order valence-corrected chi connectivity index (χ4v) is 1.22. The predicted molar refractivity (Wildman–Crippen MR) is 55.3 cm³/mol. The molecule has 0 aliphatic rings. The first-order valence-electron chi connectivity index (χ1n) is 4.45. The van der Waals surface area contributed by atoms with Crippen molar-refractivity contribution >= 4 is 6.29 Å². The van der Waals surface area contributed by atoms with Crippen LogP contribution in [-0.4, -0.2) is 21.6 Å². The van der Waals surface area contributed by atoms with E-state index in [0.717, 1.165) is 0 Å². The second kappa shape index (κ2) is 4.50. The van der Waals surface area contributed by atoms with Gasteiger partial charge in [0, 0.05) is 5.56 Å². The van der Waals surface area contributed by atoms with E-state index in [-0.39, 0.29) is 5.56 Å². The lowest BCUT2D eigenvalue weighted by Gasteiger charge is -2.07. The number of carbonyl (C=O) groups is 1. The van der Waals surface area contributed by atoms with Gasteiger partial charge in [-0.05, 0) is 19.4 Å². The number of benzene rings is 1. The minimum Gasteiger partial charge on any atom is -0.504 e. The first-order chi connectivity index (χ1) is 7.11. The van der Waals surface area contributed by atoms with Crippen molar-refractivity contribution in [3.05, 3.63) is 29.3 Å². The third-order valence-corrected chi connectivity index (χ3v) is 2.06. The molecular weight excluding hydrogens is 196 g/mol. The monoisotopic (exact) mass is 208 g/mol. The Morgan fingerprint density at radius 1 is 1.20 bits per heavy atom. The fraction of sp³-hybridized carbons (Fsp3) is 0.182. The van der Waals surface area contributed by atoms with Crippen LogP contribution in [0.1, 0.15) is 22.8 Å². The minimum atomic E-state index is -0.654. The van der Waals surface area contributed by atoms with Crippen LogP contribution in [0.3, 0.4) is 0 Å². The fourth-order valence-electron chi connectivity index (χ4n) is 1.22. The van der Waals surface area contributed by atoms with Crippen LogP contribution in [-0.2, 0) is 6.42 Å². The van der Waals surface area contributed by atoms with E-state index in [4.69, 9.17) is 0 Å². The van der Waals surface area contributed by atoms with Gasteiger partial charge in [-0.3, -0.25) is 4.79 Å². The standard InChI is InChI=1S/C11H12O4/c1-2-3-4-7-5-8(6-12)10(14)11(15)9(7)13/h2-3,5-6,13-15H,4H2,1H3/b3-2+. The zero-order valence-corrected chi connectivity index (χ0v) is 8.27. The van der Waals surface area contributed by atoms with Crippen LogP contribution >= 0.6 is 0 Å². The van der Waals surface area contributed by atoms with E-state index in [1.807, 2.05) is 6.92 Å². The Balaban J connectivity index is 3.28. The molecule has 15 heavy (non-hydrogen) atoms. The van der Waals surface area contributed by atoms with E-state index in [0.29, 0.717) is 18.3 Å². The van der Waals surface area contributed by atoms with Gasteiger partial charge in [-0.2, -0.15) is 0 Å². The summed E-state index contributed by atoms with van der Waals surface area (Å²) in [5, 5.41) is 28.0. The third-order valence-electron chi connectivity index (χ3n) is 2.06. The van der Waals surface area contributed by atoms with E-state index < -0.39 is 17.2 Å². The maximum absolute atomic E-state index is 10.5. The van der Waals surface area contributed by atoms with Crippen molar-refractivity contribution in [1.29, 1.82) is 0 Å². The Morgan fingerprint density at radius 3 is 2.40 bits per heavy atom. The summed E-state index contributed by atoms with van der Waals surface area (Å²) in [5.74, 6) is -1.64. The Morgan fingerprint density at radius 2 is 1.87 bits per heavy atom. The summed E-state index contributed by atoms with van der Waals surface area (Å²) in [5.41, 5.74) is 0.357. The summed E-state index contributed by atoms with van der Waals surface area (Å²) in [4.78, 5) is 10.5. The highest BCUT2D eigenvalue weighted by atomic mass is 16.3. The van der Waals surface area contributed by atoms with Gasteiger partial charge in [0.25, 0.3) is 0 Å². The first kappa shape index (κ1) is 11.1. The number of aromatic hydroxyl groups is 3. The van der Waals surface area contributed by atoms with E-state index in [1.54, 1.807) is 12.2 Å². The summed E-state index contributed by atoms with van der Waals surface area (Å²) >= 11 is 0. The SMILES string of the molecule is C/C=C/Cc1cc(C=O)c(O)c(O)c1O. The highest BCUT2D eigenvalue weighted by Crippen LogP contribution is 2.39. The summed E-state index contributed by atoms with van der Waals surface area (Å²) in [7, 11) is 0. The highest BCUT2D eigenvalue weighted by Gasteiger charge is 2.15. The lowest BCUT2D eigenvalue weighted by Crippen LogP contribution is -1.89. The normalized spacial score (nSPS) is 10.7. The molecule has 0 aliphatic carbocycles. The molecule has 0 spiro atoms. The molecule has 80 valence electrons. The summed E-state index contributed by atoms with van der Waals surface area (Å²) < 4.78 is 0. The largest absolute Gasteiger partial charge is 0.504 e. The van der Waals surface area contributed by atoms with E-state index >= 15 is 0 Å². The lowest BCUT2D eigenvalue weighted by atomic mass is 10.0. The van der Waals surface area contributed by atoms with E-state index in [9.17, 15) is 20.1 Å². The summed E-state index contributed by atoms with van der Waals surface area (Å²) in [6.07, 6.45) is 4.36. The van der Waals surface area contributed by atoms with E-state index in [1.165, 1.54) is 6.07 Å². The maximum atomic E-state index is 10.5. The van der Waals surface area contributed by atoms with Crippen molar-refractivity contribution in [3.8, 4) is 17.2 Å². The second-order valence-corrected chi connectivity index (χ2v) is 3.06. The van der Waals surface area contributed by atoms with Crippen LogP contribution < -0.4 is 0 Å². The van der Waals surface area contributed by atoms with Gasteiger partial charge < -0.3 is 15.3 Å². The topological polar surface area (TPSA) is 77.8 Å². The van der Waals surface area contributed by atoms with Crippen molar-refractivity contribution in [2.24, 2.45) is 0 Å². The van der Waals surface area contributed by atoms with Gasteiger partial charge in [-0.25, -0.2) is 0 Å². The highest BCUT2D eigenvalue weighted by molar-refractivity contribution is 5.82. The number of allylic oxidation sites excluding steroid dienone is 2. The minimum absolute atomic E-state index is 0.0372. The molecular formula is C11H12O4. The van der Waals surface area contributed by atoms with Gasteiger partial charge in [-0.15, -0.1) is 0 Å². The molecule has 1 rings (SSSR count). The number of hydrogen-bond donors (Lipinski definition) is 3. The lowest BCUT2D eigenvalue weighted by molar-refractivity contribution is 0.112. The Labute approximate surface area is 87.1 Å². The number of phenolic OH excluding ortho intramolecular Hbond substituents is 3. The smallest absolute Gasteiger partial charge is 0.201 e. The zero-order valence-electron chi connectivity index (χ0n) is 8.27. The molecule has 1 aromatic rings. The van der Waals surface area contributed by atoms with Gasteiger partial charge in [0.2, 0.25) is 5.75 Å². The van der Waals surface area contributed by atoms with Gasteiger partial charge in [0.1, 0.15) is 0 Å². The van der Waals surface area contributed by atoms with Gasteiger partial charge in [-0.1, -0.05) is 12.2 Å². The first-order valence-corrected chi connectivity index (χ1v) is 4.45. The summed E-state index contributed by atoms with van der Waals surface area (Å²) in [6.45, 7) is 1.82. The molecule has 0 aliphatic heterocycles. The molecule has 4 nitrogen and oxygen atoms in total. The van der Waals surface area contributed by atoms with Crippen molar-refractivity contribution in [1.82, 2.24) is 0 Å². The molecule has 0 saturated carbocycles. The molecule has 0 fully saturated rings. The van der Waals surface area contributed by atoms with E-state index in [2.05, 4.69) is 0 Å². The predicted octanol–water partition coefficient (Wildman–Crippen LogP) is 1.73. The summed E-state index contributed by atoms with van der Waals surface area (Å²) in [6, 6.07) is 1.34. The van der Waals surface area contributed by atoms with Crippen molar-refractivity contribution in [3.63, 3.8) is 0 Å². The number of phenols is 3.